The molecule has 2 N–H and O–H groups in total. The summed E-state index contributed by atoms with van der Waals surface area (Å²) in [5.41, 5.74) is 3.37. The van der Waals surface area contributed by atoms with Crippen molar-refractivity contribution in [3.8, 4) is 0 Å². The Kier molecular flexibility index (Phi) is 8.32. The number of amides is 1. The Morgan fingerprint density at radius 2 is 1.76 bits per heavy atom. The average Bonchev–Trinajstić information content (AvgIpc) is 3.25. The zero-order chi connectivity index (χ0) is 27.7. The molecule has 0 spiro atoms. The van der Waals surface area contributed by atoms with Crippen LogP contribution in [0.15, 0.2) is 29.8 Å². The molecule has 1 aliphatic rings. The molecule has 37 heavy (non-hydrogen) atoms. The van der Waals surface area contributed by atoms with Crippen molar-refractivity contribution in [3.63, 3.8) is 0 Å². The van der Waals surface area contributed by atoms with Crippen molar-refractivity contribution in [3.05, 3.63) is 63.5 Å². The van der Waals surface area contributed by atoms with Crippen molar-refractivity contribution < 1.29 is 24.2 Å². The van der Waals surface area contributed by atoms with Crippen LogP contribution in [0.4, 0.5) is 0 Å². The number of ketones is 1. The summed E-state index contributed by atoms with van der Waals surface area (Å²) in [6, 6.07) is 7.10. The lowest BCUT2D eigenvalue weighted by molar-refractivity contribution is -0.139. The molecule has 1 aliphatic heterocycles. The molecule has 1 atom stereocenters. The fourth-order valence-corrected chi connectivity index (χ4v) is 4.83. The SMILES string of the molecule is CCOC(=O)c1[nH]c(C)c(/C(O)=C2\C(=O)C(=O)N(CCCN(C)C)[C@H]2c2ccc(C(C)(C)C)cc2)c1C. The molecule has 200 valence electrons. The van der Waals surface area contributed by atoms with Crippen LogP contribution < -0.4 is 0 Å². The lowest BCUT2D eigenvalue weighted by Crippen LogP contribution is -2.32. The van der Waals surface area contributed by atoms with Crippen molar-refractivity contribution in [2.45, 2.75) is 59.4 Å². The van der Waals surface area contributed by atoms with Gasteiger partial charge in [0.15, 0.2) is 0 Å². The van der Waals surface area contributed by atoms with Crippen LogP contribution in [0.25, 0.3) is 5.76 Å². The van der Waals surface area contributed by atoms with E-state index in [-0.39, 0.29) is 29.0 Å². The van der Waals surface area contributed by atoms with Gasteiger partial charge in [0.05, 0.1) is 18.2 Å². The highest BCUT2D eigenvalue weighted by atomic mass is 16.5. The summed E-state index contributed by atoms with van der Waals surface area (Å²) in [6.07, 6.45) is 0.672. The van der Waals surface area contributed by atoms with E-state index in [4.69, 9.17) is 4.74 Å². The van der Waals surface area contributed by atoms with Gasteiger partial charge in [-0.2, -0.15) is 0 Å². The highest BCUT2D eigenvalue weighted by Gasteiger charge is 2.46. The number of esters is 1. The normalized spacial score (nSPS) is 17.6. The van der Waals surface area contributed by atoms with E-state index in [2.05, 4.69) is 25.8 Å². The van der Waals surface area contributed by atoms with Gasteiger partial charge in [-0.15, -0.1) is 0 Å². The van der Waals surface area contributed by atoms with Gasteiger partial charge in [-0.3, -0.25) is 9.59 Å². The lowest BCUT2D eigenvalue weighted by atomic mass is 9.85. The highest BCUT2D eigenvalue weighted by molar-refractivity contribution is 6.46. The first kappa shape index (κ1) is 28.2. The lowest BCUT2D eigenvalue weighted by Gasteiger charge is -2.27. The Bertz CT molecular complexity index is 1220. The first-order chi connectivity index (χ1) is 17.3. The Hall–Kier alpha value is -3.39. The number of nitrogens with one attached hydrogen (secondary N) is 1. The molecule has 3 rings (SSSR count). The second-order valence-corrected chi connectivity index (χ2v) is 10.9. The van der Waals surface area contributed by atoms with Gasteiger partial charge in [-0.25, -0.2) is 4.79 Å². The second-order valence-electron chi connectivity index (χ2n) is 10.9. The number of carbonyl (C=O) groups is 3. The minimum atomic E-state index is -0.740. The molecule has 8 nitrogen and oxygen atoms in total. The quantitative estimate of drug-likeness (QED) is 0.235. The number of carbonyl (C=O) groups excluding carboxylic acids is 3. The molecule has 0 saturated carbocycles. The smallest absolute Gasteiger partial charge is 0.355 e. The molecule has 2 heterocycles. The average molecular weight is 510 g/mol. The Morgan fingerprint density at radius 3 is 2.30 bits per heavy atom. The zero-order valence-electron chi connectivity index (χ0n) is 23.2. The fourth-order valence-electron chi connectivity index (χ4n) is 4.83. The number of aromatic nitrogens is 1. The van der Waals surface area contributed by atoms with Crippen LogP contribution in [0.1, 0.15) is 78.6 Å². The molecular weight excluding hydrogens is 470 g/mol. The van der Waals surface area contributed by atoms with Gasteiger partial charge in [-0.1, -0.05) is 45.0 Å². The largest absolute Gasteiger partial charge is 0.507 e. The molecule has 1 fully saturated rings. The maximum absolute atomic E-state index is 13.4. The first-order valence-corrected chi connectivity index (χ1v) is 12.7. The van der Waals surface area contributed by atoms with E-state index in [9.17, 15) is 19.5 Å². The first-order valence-electron chi connectivity index (χ1n) is 12.7. The van der Waals surface area contributed by atoms with Gasteiger partial charge in [0.2, 0.25) is 0 Å². The molecule has 1 aromatic carbocycles. The number of likely N-dealkylation sites (tertiary alicyclic amines) is 1. The number of hydrogen-bond donors (Lipinski definition) is 2. The number of benzene rings is 1. The summed E-state index contributed by atoms with van der Waals surface area (Å²) in [6.45, 7) is 12.8. The van der Waals surface area contributed by atoms with E-state index < -0.39 is 23.7 Å². The molecule has 0 unspecified atom stereocenters. The number of aromatic amines is 1. The van der Waals surface area contributed by atoms with Crippen LogP contribution in [0.2, 0.25) is 0 Å². The summed E-state index contributed by atoms with van der Waals surface area (Å²) in [7, 11) is 3.91. The molecule has 1 saturated heterocycles. The molecule has 1 aromatic heterocycles. The van der Waals surface area contributed by atoms with Gasteiger partial charge in [-0.05, 0) is 69.9 Å². The predicted molar refractivity (Wildman–Crippen MR) is 144 cm³/mol. The summed E-state index contributed by atoms with van der Waals surface area (Å²) >= 11 is 0. The summed E-state index contributed by atoms with van der Waals surface area (Å²) in [5.74, 6) is -2.20. The van der Waals surface area contributed by atoms with Crippen LogP contribution in [0.3, 0.4) is 0 Å². The zero-order valence-corrected chi connectivity index (χ0v) is 23.2. The predicted octanol–water partition coefficient (Wildman–Crippen LogP) is 4.48. The number of rotatable bonds is 8. The number of nitrogens with zero attached hydrogens (tertiary/aromatic N) is 2. The standard InChI is InChI=1S/C29H39N3O5/c1-9-37-28(36)23-17(2)21(18(3)30-23)25(33)22-24(19-11-13-20(14-12-19)29(4,5)6)32(27(35)26(22)34)16-10-15-31(7)8/h11-14,24,30,33H,9-10,15-16H2,1-8H3/b25-22+/t24-/m0/s1. The minimum Gasteiger partial charge on any atom is -0.507 e. The minimum absolute atomic E-state index is 0.0268. The molecule has 0 aliphatic carbocycles. The third-order valence-electron chi connectivity index (χ3n) is 6.79. The maximum atomic E-state index is 13.4. The van der Waals surface area contributed by atoms with Gasteiger partial charge in [0.1, 0.15) is 11.5 Å². The van der Waals surface area contributed by atoms with E-state index in [1.807, 2.05) is 43.3 Å². The second kappa shape index (κ2) is 10.9. The van der Waals surface area contributed by atoms with E-state index in [0.29, 0.717) is 29.8 Å². The van der Waals surface area contributed by atoms with E-state index >= 15 is 0 Å². The summed E-state index contributed by atoms with van der Waals surface area (Å²) in [4.78, 5) is 45.6. The molecule has 0 bridgehead atoms. The maximum Gasteiger partial charge on any atom is 0.355 e. The van der Waals surface area contributed by atoms with Gasteiger partial charge >= 0.3 is 5.97 Å². The Morgan fingerprint density at radius 1 is 1.14 bits per heavy atom. The molecule has 2 aromatic rings. The van der Waals surface area contributed by atoms with Gasteiger partial charge in [0.25, 0.3) is 11.7 Å². The number of aryl methyl sites for hydroxylation is 1. The summed E-state index contributed by atoms with van der Waals surface area (Å²) < 4.78 is 5.13. The van der Waals surface area contributed by atoms with Crippen LogP contribution in [-0.4, -0.2) is 71.3 Å². The van der Waals surface area contributed by atoms with Crippen LogP contribution in [0.5, 0.6) is 0 Å². The van der Waals surface area contributed by atoms with Gasteiger partial charge in [0, 0.05) is 17.8 Å². The molecular formula is C29H39N3O5. The molecule has 8 heteroatoms. The third-order valence-corrected chi connectivity index (χ3v) is 6.79. The van der Waals surface area contributed by atoms with Gasteiger partial charge < -0.3 is 24.6 Å². The van der Waals surface area contributed by atoms with Crippen molar-refractivity contribution in [2.75, 3.05) is 33.8 Å². The van der Waals surface area contributed by atoms with Crippen molar-refractivity contribution >= 4 is 23.4 Å². The van der Waals surface area contributed by atoms with Crippen LogP contribution >= 0.6 is 0 Å². The van der Waals surface area contributed by atoms with Crippen molar-refractivity contribution in [1.29, 1.82) is 0 Å². The highest BCUT2D eigenvalue weighted by Crippen LogP contribution is 2.41. The number of H-pyrrole nitrogens is 1. The Labute approximate surface area is 219 Å². The number of hydrogen-bond acceptors (Lipinski definition) is 6. The topological polar surface area (TPSA) is 103 Å². The van der Waals surface area contributed by atoms with E-state index in [1.54, 1.807) is 25.7 Å². The van der Waals surface area contributed by atoms with Crippen molar-refractivity contribution in [2.24, 2.45) is 0 Å². The molecule has 1 amide bonds. The molecule has 0 radical (unpaired) electrons. The summed E-state index contributed by atoms with van der Waals surface area (Å²) in [5, 5.41) is 11.5. The van der Waals surface area contributed by atoms with Crippen LogP contribution in [0, 0.1) is 13.8 Å². The Balaban J connectivity index is 2.17. The van der Waals surface area contributed by atoms with E-state index in [0.717, 1.165) is 17.7 Å². The van der Waals surface area contributed by atoms with Crippen molar-refractivity contribution in [1.82, 2.24) is 14.8 Å². The van der Waals surface area contributed by atoms with Crippen LogP contribution in [-0.2, 0) is 19.7 Å². The fraction of sp³-hybridized carbons (Fsp3) is 0.483. The number of Topliss-reactive ketones (excluding diaryl/α,β-unsaturated/α-hetero) is 1. The number of ether oxygens (including phenoxy) is 1. The third kappa shape index (κ3) is 5.64. The monoisotopic (exact) mass is 509 g/mol. The van der Waals surface area contributed by atoms with E-state index in [1.165, 1.54) is 0 Å². The number of aliphatic hydroxyl groups is 1. The number of aliphatic hydroxyl groups excluding tert-OH is 1.